The van der Waals surface area contributed by atoms with Gasteiger partial charge in [-0.3, -0.25) is 10.0 Å². The molecule has 2 aliphatic rings. The number of ether oxygens (including phenoxy) is 3. The van der Waals surface area contributed by atoms with Crippen LogP contribution in [-0.4, -0.2) is 61.9 Å². The van der Waals surface area contributed by atoms with Gasteiger partial charge in [0.05, 0.1) is 18.8 Å². The molecular formula is C23H43NO5. The van der Waals surface area contributed by atoms with Crippen LogP contribution in [0.3, 0.4) is 0 Å². The molecule has 0 aromatic rings. The first-order chi connectivity index (χ1) is 14.1. The normalized spacial score (nSPS) is 25.6. The summed E-state index contributed by atoms with van der Waals surface area (Å²) in [6, 6.07) is 0. The van der Waals surface area contributed by atoms with Crippen molar-refractivity contribution in [1.82, 2.24) is 5.06 Å². The van der Waals surface area contributed by atoms with E-state index >= 15 is 0 Å². The summed E-state index contributed by atoms with van der Waals surface area (Å²) in [4.78, 5) is 11.3. The molecule has 1 amide bonds. The first-order valence-electron chi connectivity index (χ1n) is 11.9. The van der Waals surface area contributed by atoms with Crippen molar-refractivity contribution in [3.8, 4) is 0 Å². The molecular weight excluding hydrogens is 370 g/mol. The number of hydroxylamine groups is 2. The Morgan fingerprint density at radius 1 is 0.931 bits per heavy atom. The van der Waals surface area contributed by atoms with Crippen LogP contribution in [-0.2, 0) is 19.0 Å². The Balaban J connectivity index is 1.53. The predicted molar refractivity (Wildman–Crippen MR) is 113 cm³/mol. The van der Waals surface area contributed by atoms with Crippen molar-refractivity contribution < 1.29 is 24.2 Å². The van der Waals surface area contributed by atoms with Crippen molar-refractivity contribution in [2.24, 2.45) is 11.8 Å². The van der Waals surface area contributed by atoms with Crippen molar-refractivity contribution in [1.29, 1.82) is 0 Å². The molecule has 6 nitrogen and oxygen atoms in total. The van der Waals surface area contributed by atoms with Crippen LogP contribution in [0.5, 0.6) is 0 Å². The second-order valence-electron chi connectivity index (χ2n) is 8.74. The molecule has 0 aromatic heterocycles. The van der Waals surface area contributed by atoms with Gasteiger partial charge in [-0.1, -0.05) is 32.6 Å². The van der Waals surface area contributed by atoms with Crippen molar-refractivity contribution in [2.75, 3.05) is 33.5 Å². The molecule has 6 heteroatoms. The third kappa shape index (κ3) is 8.91. The van der Waals surface area contributed by atoms with Crippen LogP contribution in [0.1, 0.15) is 84.0 Å². The molecule has 0 radical (unpaired) electrons. The lowest BCUT2D eigenvalue weighted by atomic mass is 9.77. The summed E-state index contributed by atoms with van der Waals surface area (Å²) in [5, 5.41) is 9.71. The van der Waals surface area contributed by atoms with Crippen LogP contribution in [0.25, 0.3) is 0 Å². The van der Waals surface area contributed by atoms with Gasteiger partial charge >= 0.3 is 0 Å². The van der Waals surface area contributed by atoms with Gasteiger partial charge < -0.3 is 14.2 Å². The Kier molecular flexibility index (Phi) is 12.2. The highest BCUT2D eigenvalue weighted by Gasteiger charge is 2.48. The van der Waals surface area contributed by atoms with Crippen molar-refractivity contribution >= 4 is 5.91 Å². The number of nitrogens with zero attached hydrogens (tertiary/aromatic N) is 1. The monoisotopic (exact) mass is 413 g/mol. The Hall–Kier alpha value is -0.690. The molecule has 0 aliphatic carbocycles. The van der Waals surface area contributed by atoms with Crippen LogP contribution >= 0.6 is 0 Å². The summed E-state index contributed by atoms with van der Waals surface area (Å²) in [5.74, 6) is 0.911. The van der Waals surface area contributed by atoms with Crippen LogP contribution in [0.2, 0.25) is 0 Å². The number of hydrogen-bond donors (Lipinski definition) is 1. The van der Waals surface area contributed by atoms with E-state index in [9.17, 15) is 4.79 Å². The highest BCUT2D eigenvalue weighted by atomic mass is 16.5. The summed E-state index contributed by atoms with van der Waals surface area (Å²) in [6.07, 6.45) is 13.8. The minimum atomic E-state index is -0.239. The van der Waals surface area contributed by atoms with Gasteiger partial charge in [-0.2, -0.15) is 0 Å². The van der Waals surface area contributed by atoms with Gasteiger partial charge in [0.25, 0.3) is 0 Å². The maximum absolute atomic E-state index is 11.3. The Labute approximate surface area is 177 Å². The van der Waals surface area contributed by atoms with Crippen LogP contribution in [0.15, 0.2) is 0 Å². The lowest BCUT2D eigenvalue weighted by Crippen LogP contribution is -2.31. The molecule has 0 unspecified atom stereocenters. The van der Waals surface area contributed by atoms with Gasteiger partial charge in [-0.25, -0.2) is 5.06 Å². The van der Waals surface area contributed by atoms with Crippen molar-refractivity contribution in [2.45, 2.75) is 96.2 Å². The number of carbonyl (C=O) groups excluding carboxylic acids is 1. The molecule has 1 N–H and O–H groups in total. The predicted octanol–water partition coefficient (Wildman–Crippen LogP) is 4.58. The van der Waals surface area contributed by atoms with Gasteiger partial charge in [0.1, 0.15) is 0 Å². The quantitative estimate of drug-likeness (QED) is 0.215. The van der Waals surface area contributed by atoms with E-state index in [4.69, 9.17) is 19.4 Å². The Bertz CT molecular complexity index is 445. The molecule has 2 aliphatic heterocycles. The summed E-state index contributed by atoms with van der Waals surface area (Å²) >= 11 is 0. The molecule has 2 saturated heterocycles. The Morgan fingerprint density at radius 3 is 2.31 bits per heavy atom. The molecule has 0 saturated carbocycles. The molecule has 2 rings (SSSR count). The van der Waals surface area contributed by atoms with E-state index in [-0.39, 0.29) is 5.91 Å². The van der Waals surface area contributed by atoms with Gasteiger partial charge in [0, 0.05) is 39.2 Å². The number of hydrogen-bond acceptors (Lipinski definition) is 5. The lowest BCUT2D eigenvalue weighted by molar-refractivity contribution is -0.159. The van der Waals surface area contributed by atoms with Crippen molar-refractivity contribution in [3.63, 3.8) is 0 Å². The SMILES string of the molecule is CCCCCCOCCCC[C@@H]1[C@H](COCCCCC(=O)N(C)O)[C@@H]2CC[C@H]1O2. The summed E-state index contributed by atoms with van der Waals surface area (Å²) in [5.41, 5.74) is 0. The minimum absolute atomic E-state index is 0.239. The fourth-order valence-electron chi connectivity index (χ4n) is 4.68. The van der Waals surface area contributed by atoms with Crippen molar-refractivity contribution in [3.05, 3.63) is 0 Å². The highest BCUT2D eigenvalue weighted by molar-refractivity contribution is 5.74. The van der Waals surface area contributed by atoms with E-state index in [1.54, 1.807) is 0 Å². The molecule has 0 spiro atoms. The van der Waals surface area contributed by atoms with Gasteiger partial charge in [0.2, 0.25) is 5.91 Å². The maximum atomic E-state index is 11.3. The third-order valence-electron chi connectivity index (χ3n) is 6.41. The number of rotatable bonds is 17. The number of fused-ring (bicyclic) bond motifs is 2. The number of amides is 1. The highest BCUT2D eigenvalue weighted by Crippen LogP contribution is 2.45. The molecule has 2 fully saturated rings. The Morgan fingerprint density at radius 2 is 1.59 bits per heavy atom. The first-order valence-corrected chi connectivity index (χ1v) is 11.9. The van der Waals surface area contributed by atoms with E-state index in [0.29, 0.717) is 42.1 Å². The van der Waals surface area contributed by atoms with Gasteiger partial charge in [-0.05, 0) is 50.9 Å². The minimum Gasteiger partial charge on any atom is -0.381 e. The zero-order valence-electron chi connectivity index (χ0n) is 18.7. The summed E-state index contributed by atoms with van der Waals surface area (Å²) in [6.45, 7) is 5.48. The standard InChI is InChI=1S/C23H43NO5/c1-3-4-5-8-15-27-16-9-6-11-19-20(22-14-13-21(19)29-22)18-28-17-10-7-12-23(25)24(2)26/h19-22,26H,3-18H2,1-2H3/t19-,20+,21-,22+/m1/s1. The zero-order chi connectivity index (χ0) is 20.9. The first kappa shape index (κ1) is 24.6. The number of unbranched alkanes of at least 4 members (excludes halogenated alkanes) is 5. The molecule has 0 aromatic carbocycles. The lowest BCUT2D eigenvalue weighted by Gasteiger charge is -2.28. The third-order valence-corrected chi connectivity index (χ3v) is 6.41. The van der Waals surface area contributed by atoms with Crippen LogP contribution in [0.4, 0.5) is 0 Å². The summed E-state index contributed by atoms with van der Waals surface area (Å²) < 4.78 is 17.9. The maximum Gasteiger partial charge on any atom is 0.245 e. The van der Waals surface area contributed by atoms with E-state index in [2.05, 4.69) is 6.92 Å². The second kappa shape index (κ2) is 14.3. The second-order valence-corrected chi connectivity index (χ2v) is 8.74. The smallest absolute Gasteiger partial charge is 0.245 e. The molecule has 4 atom stereocenters. The van der Waals surface area contributed by atoms with Crippen LogP contribution in [0, 0.1) is 11.8 Å². The summed E-state index contributed by atoms with van der Waals surface area (Å²) in [7, 11) is 1.37. The van der Waals surface area contributed by atoms with E-state index in [1.165, 1.54) is 58.4 Å². The van der Waals surface area contributed by atoms with E-state index in [0.717, 1.165) is 39.1 Å². The van der Waals surface area contributed by atoms with E-state index < -0.39 is 0 Å². The van der Waals surface area contributed by atoms with Gasteiger partial charge in [0.15, 0.2) is 0 Å². The molecule has 2 heterocycles. The average Bonchev–Trinajstić information content (AvgIpc) is 3.31. The molecule has 2 bridgehead atoms. The fraction of sp³-hybridized carbons (Fsp3) is 0.957. The number of carbonyl (C=O) groups is 1. The largest absolute Gasteiger partial charge is 0.381 e. The topological polar surface area (TPSA) is 68.2 Å². The average molecular weight is 414 g/mol. The van der Waals surface area contributed by atoms with Gasteiger partial charge in [-0.15, -0.1) is 0 Å². The molecule has 29 heavy (non-hydrogen) atoms. The molecule has 170 valence electrons. The van der Waals surface area contributed by atoms with Crippen LogP contribution < -0.4 is 0 Å². The van der Waals surface area contributed by atoms with E-state index in [1.807, 2.05) is 0 Å². The fourth-order valence-corrected chi connectivity index (χ4v) is 4.68. The zero-order valence-corrected chi connectivity index (χ0v) is 18.7.